The molecule has 0 bridgehead atoms. The Hall–Kier alpha value is -3.38. The Bertz CT molecular complexity index is 983. The van der Waals surface area contributed by atoms with Gasteiger partial charge in [-0.25, -0.2) is 0 Å². The molecule has 34 heavy (non-hydrogen) atoms. The minimum atomic E-state index is -0.173. The summed E-state index contributed by atoms with van der Waals surface area (Å²) in [5, 5.41) is 15.7. The fourth-order valence-corrected chi connectivity index (χ4v) is 4.04. The van der Waals surface area contributed by atoms with E-state index in [2.05, 4.69) is 71.1 Å². The van der Waals surface area contributed by atoms with Gasteiger partial charge in [-0.15, -0.1) is 0 Å². The van der Waals surface area contributed by atoms with Crippen molar-refractivity contribution in [3.63, 3.8) is 0 Å². The highest BCUT2D eigenvalue weighted by molar-refractivity contribution is 5.50. The first kappa shape index (κ1) is 23.8. The van der Waals surface area contributed by atoms with Crippen LogP contribution in [0.15, 0.2) is 79.0 Å². The standard InChI is InChI=1S/C28H35N3O3/c1-22-5-7-24(8-6-22)11-14-28-30-25(21-34-28)20-33-26-12-9-23(10-13-26)4-2-3-17-31-18-16-29-27(31)15-19-32/h5-14,16,18,21,27-30,32H,2-4,15,17,19-20H2,1H3/b14-11+. The van der Waals surface area contributed by atoms with E-state index in [1.54, 1.807) is 6.26 Å². The van der Waals surface area contributed by atoms with Gasteiger partial charge in [-0.2, -0.15) is 0 Å². The molecule has 2 aromatic carbocycles. The van der Waals surface area contributed by atoms with Crippen molar-refractivity contribution in [2.45, 2.75) is 45.0 Å². The SMILES string of the molecule is Cc1ccc(/C=C/C2NC(COc3ccc(CCCCN4C=CNC4CCO)cc3)=CO2)cc1. The molecule has 0 aromatic heterocycles. The summed E-state index contributed by atoms with van der Waals surface area (Å²) in [6.07, 6.45) is 13.9. The minimum Gasteiger partial charge on any atom is -0.487 e. The van der Waals surface area contributed by atoms with Gasteiger partial charge in [0.25, 0.3) is 0 Å². The molecule has 0 fully saturated rings. The van der Waals surface area contributed by atoms with E-state index < -0.39 is 0 Å². The molecule has 0 saturated carbocycles. The first-order valence-corrected chi connectivity index (χ1v) is 12.1. The third-order valence-corrected chi connectivity index (χ3v) is 6.03. The second-order valence-electron chi connectivity index (χ2n) is 8.75. The first-order chi connectivity index (χ1) is 16.7. The van der Waals surface area contributed by atoms with Crippen LogP contribution < -0.4 is 15.4 Å². The van der Waals surface area contributed by atoms with Crippen molar-refractivity contribution in [3.05, 3.63) is 95.7 Å². The van der Waals surface area contributed by atoms with Gasteiger partial charge < -0.3 is 30.1 Å². The number of nitrogens with zero attached hydrogens (tertiary/aromatic N) is 1. The predicted molar refractivity (Wildman–Crippen MR) is 136 cm³/mol. The highest BCUT2D eigenvalue weighted by atomic mass is 16.5. The fourth-order valence-electron chi connectivity index (χ4n) is 4.04. The monoisotopic (exact) mass is 461 g/mol. The van der Waals surface area contributed by atoms with Gasteiger partial charge in [0, 0.05) is 32.0 Å². The van der Waals surface area contributed by atoms with E-state index in [0.717, 1.165) is 49.2 Å². The van der Waals surface area contributed by atoms with Crippen molar-refractivity contribution in [1.29, 1.82) is 0 Å². The van der Waals surface area contributed by atoms with Crippen molar-refractivity contribution in [2.75, 3.05) is 19.8 Å². The number of unbranched alkanes of at least 4 members (excludes halogenated alkanes) is 1. The molecule has 2 atom stereocenters. The number of aryl methyl sites for hydroxylation is 2. The lowest BCUT2D eigenvalue weighted by Crippen LogP contribution is -2.36. The van der Waals surface area contributed by atoms with Crippen LogP contribution in [0.4, 0.5) is 0 Å². The quantitative estimate of drug-likeness (QED) is 0.410. The van der Waals surface area contributed by atoms with Crippen LogP contribution in [0.5, 0.6) is 5.75 Å². The van der Waals surface area contributed by atoms with Gasteiger partial charge in [0.1, 0.15) is 24.8 Å². The van der Waals surface area contributed by atoms with E-state index in [0.29, 0.717) is 6.61 Å². The Morgan fingerprint density at radius 2 is 1.91 bits per heavy atom. The van der Waals surface area contributed by atoms with Gasteiger partial charge in [0.05, 0.1) is 5.70 Å². The van der Waals surface area contributed by atoms with Crippen LogP contribution in [0.3, 0.4) is 0 Å². The molecule has 2 aromatic rings. The second-order valence-corrected chi connectivity index (χ2v) is 8.75. The summed E-state index contributed by atoms with van der Waals surface area (Å²) in [5.41, 5.74) is 4.64. The Morgan fingerprint density at radius 3 is 2.71 bits per heavy atom. The number of hydrogen-bond acceptors (Lipinski definition) is 6. The summed E-state index contributed by atoms with van der Waals surface area (Å²) in [6.45, 7) is 3.73. The lowest BCUT2D eigenvalue weighted by molar-refractivity contribution is 0.197. The van der Waals surface area contributed by atoms with Gasteiger partial charge in [-0.05, 0) is 55.5 Å². The lowest BCUT2D eigenvalue weighted by Gasteiger charge is -2.24. The van der Waals surface area contributed by atoms with E-state index in [-0.39, 0.29) is 19.0 Å². The number of aliphatic hydroxyl groups is 1. The van der Waals surface area contributed by atoms with E-state index >= 15 is 0 Å². The largest absolute Gasteiger partial charge is 0.487 e. The van der Waals surface area contributed by atoms with E-state index in [9.17, 15) is 0 Å². The fraction of sp³-hybridized carbons (Fsp3) is 0.357. The maximum Gasteiger partial charge on any atom is 0.188 e. The molecule has 6 heteroatoms. The number of benzene rings is 2. The molecule has 2 heterocycles. The molecule has 4 rings (SSSR count). The zero-order chi connectivity index (χ0) is 23.6. The molecule has 180 valence electrons. The van der Waals surface area contributed by atoms with Gasteiger partial charge in [-0.3, -0.25) is 0 Å². The smallest absolute Gasteiger partial charge is 0.188 e. The van der Waals surface area contributed by atoms with Crippen molar-refractivity contribution < 1.29 is 14.6 Å². The van der Waals surface area contributed by atoms with E-state index in [1.165, 1.54) is 11.1 Å². The van der Waals surface area contributed by atoms with Crippen LogP contribution in [0.2, 0.25) is 0 Å². The summed E-state index contributed by atoms with van der Waals surface area (Å²) in [6, 6.07) is 16.7. The van der Waals surface area contributed by atoms with Crippen molar-refractivity contribution in [2.24, 2.45) is 0 Å². The molecule has 0 radical (unpaired) electrons. The molecular formula is C28H35N3O3. The maximum absolute atomic E-state index is 9.15. The number of rotatable bonds is 12. The topological polar surface area (TPSA) is 66.0 Å². The zero-order valence-electron chi connectivity index (χ0n) is 19.8. The Morgan fingerprint density at radius 1 is 1.09 bits per heavy atom. The summed E-state index contributed by atoms with van der Waals surface area (Å²) >= 11 is 0. The van der Waals surface area contributed by atoms with Gasteiger partial charge in [0.15, 0.2) is 6.23 Å². The summed E-state index contributed by atoms with van der Waals surface area (Å²) in [4.78, 5) is 2.27. The van der Waals surface area contributed by atoms with Crippen LogP contribution in [-0.2, 0) is 11.2 Å². The van der Waals surface area contributed by atoms with E-state index in [4.69, 9.17) is 14.6 Å². The molecule has 0 saturated heterocycles. The molecule has 2 unspecified atom stereocenters. The van der Waals surface area contributed by atoms with Crippen LogP contribution in [-0.4, -0.2) is 42.2 Å². The summed E-state index contributed by atoms with van der Waals surface area (Å²) in [5.74, 6) is 0.852. The number of hydrogen-bond donors (Lipinski definition) is 3. The highest BCUT2D eigenvalue weighted by Gasteiger charge is 2.17. The van der Waals surface area contributed by atoms with E-state index in [1.807, 2.05) is 24.4 Å². The zero-order valence-corrected chi connectivity index (χ0v) is 19.8. The van der Waals surface area contributed by atoms with Crippen molar-refractivity contribution in [3.8, 4) is 5.75 Å². The maximum atomic E-state index is 9.15. The molecule has 3 N–H and O–H groups in total. The van der Waals surface area contributed by atoms with Crippen LogP contribution in [0.1, 0.15) is 36.0 Å². The second kappa shape index (κ2) is 12.2. The summed E-state index contributed by atoms with van der Waals surface area (Å²) < 4.78 is 11.6. The molecule has 0 amide bonds. The first-order valence-electron chi connectivity index (χ1n) is 12.1. The molecule has 2 aliphatic rings. The summed E-state index contributed by atoms with van der Waals surface area (Å²) in [7, 11) is 0. The number of nitrogens with one attached hydrogen (secondary N) is 2. The molecular weight excluding hydrogens is 426 g/mol. The molecule has 2 aliphatic heterocycles. The Balaban J connectivity index is 1.13. The average Bonchev–Trinajstić information content (AvgIpc) is 3.50. The Kier molecular flexibility index (Phi) is 8.52. The van der Waals surface area contributed by atoms with Crippen molar-refractivity contribution in [1.82, 2.24) is 15.5 Å². The third-order valence-electron chi connectivity index (χ3n) is 6.03. The van der Waals surface area contributed by atoms with Gasteiger partial charge >= 0.3 is 0 Å². The van der Waals surface area contributed by atoms with Crippen LogP contribution in [0, 0.1) is 6.92 Å². The molecule has 0 aliphatic carbocycles. The normalized spacial score (nSPS) is 19.1. The van der Waals surface area contributed by atoms with Gasteiger partial charge in [-0.1, -0.05) is 48.0 Å². The van der Waals surface area contributed by atoms with Crippen LogP contribution >= 0.6 is 0 Å². The highest BCUT2D eigenvalue weighted by Crippen LogP contribution is 2.17. The third kappa shape index (κ3) is 7.06. The predicted octanol–water partition coefficient (Wildman–Crippen LogP) is 4.28. The van der Waals surface area contributed by atoms with Crippen molar-refractivity contribution >= 4 is 6.08 Å². The average molecular weight is 462 g/mol. The molecule has 6 nitrogen and oxygen atoms in total. The lowest BCUT2D eigenvalue weighted by atomic mass is 10.1. The molecule has 0 spiro atoms. The van der Waals surface area contributed by atoms with Crippen LogP contribution in [0.25, 0.3) is 6.08 Å². The number of ether oxygens (including phenoxy) is 2. The Labute approximate surface area is 202 Å². The minimum absolute atomic E-state index is 0.173. The number of aliphatic hydroxyl groups excluding tert-OH is 1. The van der Waals surface area contributed by atoms with Gasteiger partial charge in [0.2, 0.25) is 0 Å².